The quantitative estimate of drug-likeness (QED) is 0.553. The van der Waals surface area contributed by atoms with E-state index in [4.69, 9.17) is 21.1 Å². The van der Waals surface area contributed by atoms with Crippen LogP contribution >= 0.6 is 11.6 Å². The second kappa shape index (κ2) is 9.65. The van der Waals surface area contributed by atoms with E-state index in [1.165, 1.54) is 45.9 Å². The molecule has 10 nitrogen and oxygen atoms in total. The van der Waals surface area contributed by atoms with Gasteiger partial charge in [-0.05, 0) is 42.5 Å². The predicted octanol–water partition coefficient (Wildman–Crippen LogP) is 1.96. The molecule has 0 atom stereocenters. The van der Waals surface area contributed by atoms with E-state index in [9.17, 15) is 13.2 Å². The van der Waals surface area contributed by atoms with Gasteiger partial charge in [0.25, 0.3) is 5.91 Å². The molecule has 4 rings (SSSR count). The van der Waals surface area contributed by atoms with Gasteiger partial charge >= 0.3 is 0 Å². The van der Waals surface area contributed by atoms with Gasteiger partial charge < -0.3 is 14.8 Å². The molecule has 1 fully saturated rings. The average Bonchev–Trinajstić information content (AvgIpc) is 3.33. The lowest BCUT2D eigenvalue weighted by atomic mass is 10.2. The second-order valence-corrected chi connectivity index (χ2v) is 9.20. The zero-order chi connectivity index (χ0) is 22.6. The van der Waals surface area contributed by atoms with E-state index in [0.29, 0.717) is 48.5 Å². The molecule has 168 valence electrons. The first kappa shape index (κ1) is 22.2. The Balaban J connectivity index is 1.38. The van der Waals surface area contributed by atoms with E-state index in [-0.39, 0.29) is 11.5 Å². The molecule has 0 bridgehead atoms. The maximum atomic E-state index is 12.7. The molecule has 2 aromatic carbocycles. The smallest absolute Gasteiger partial charge is 0.262 e. The first-order chi connectivity index (χ1) is 15.4. The maximum absolute atomic E-state index is 12.7. The summed E-state index contributed by atoms with van der Waals surface area (Å²) in [7, 11) is -3.59. The van der Waals surface area contributed by atoms with Crippen molar-refractivity contribution in [1.29, 1.82) is 0 Å². The molecule has 12 heteroatoms. The maximum Gasteiger partial charge on any atom is 0.262 e. The molecule has 1 aromatic heterocycles. The summed E-state index contributed by atoms with van der Waals surface area (Å²) in [5, 5.41) is 7.24. The Bertz CT molecular complexity index is 1180. The second-order valence-electron chi connectivity index (χ2n) is 6.83. The number of nitrogens with one attached hydrogen (secondary N) is 1. The molecule has 1 aliphatic rings. The van der Waals surface area contributed by atoms with Crippen LogP contribution < -0.4 is 10.1 Å². The topological polar surface area (TPSA) is 116 Å². The summed E-state index contributed by atoms with van der Waals surface area (Å²) >= 11 is 6.06. The number of carbonyl (C=O) groups is 1. The molecule has 2 heterocycles. The van der Waals surface area contributed by atoms with Crippen molar-refractivity contribution in [2.45, 2.75) is 4.90 Å². The number of aromatic nitrogens is 3. The van der Waals surface area contributed by atoms with Gasteiger partial charge in [-0.3, -0.25) is 4.79 Å². The minimum absolute atomic E-state index is 0.160. The van der Waals surface area contributed by atoms with Gasteiger partial charge in [0, 0.05) is 18.1 Å². The van der Waals surface area contributed by atoms with E-state index >= 15 is 0 Å². The van der Waals surface area contributed by atoms with Gasteiger partial charge in [0.1, 0.15) is 18.4 Å². The van der Waals surface area contributed by atoms with E-state index in [1.807, 2.05) is 0 Å². The number of sulfonamides is 1. The molecular weight excluding hydrogens is 458 g/mol. The Morgan fingerprint density at radius 1 is 1.16 bits per heavy atom. The fraction of sp³-hybridized carbons (Fsp3) is 0.250. The fourth-order valence-electron chi connectivity index (χ4n) is 3.12. The van der Waals surface area contributed by atoms with E-state index in [0.717, 1.165) is 0 Å². The van der Waals surface area contributed by atoms with Crippen LogP contribution in [0.3, 0.4) is 0 Å². The van der Waals surface area contributed by atoms with Crippen molar-refractivity contribution >= 4 is 33.2 Å². The number of halogens is 1. The van der Waals surface area contributed by atoms with E-state index in [2.05, 4.69) is 15.4 Å². The molecule has 32 heavy (non-hydrogen) atoms. The van der Waals surface area contributed by atoms with Gasteiger partial charge in [-0.15, -0.1) is 0 Å². The van der Waals surface area contributed by atoms with E-state index < -0.39 is 15.9 Å². The highest BCUT2D eigenvalue weighted by molar-refractivity contribution is 7.89. The van der Waals surface area contributed by atoms with Gasteiger partial charge in [0.05, 0.1) is 29.5 Å². The van der Waals surface area contributed by atoms with Crippen LogP contribution in [0.25, 0.3) is 5.69 Å². The molecule has 1 amide bonds. The van der Waals surface area contributed by atoms with Crippen molar-refractivity contribution in [3.63, 3.8) is 0 Å². The highest BCUT2D eigenvalue weighted by atomic mass is 35.5. The highest BCUT2D eigenvalue weighted by Gasteiger charge is 2.26. The number of carbonyl (C=O) groups excluding carboxylic acids is 1. The largest absolute Gasteiger partial charge is 0.484 e. The molecule has 0 spiro atoms. The number of nitrogens with zero attached hydrogens (tertiary/aromatic N) is 4. The van der Waals surface area contributed by atoms with Crippen LogP contribution in [0.15, 0.2) is 60.0 Å². The summed E-state index contributed by atoms with van der Waals surface area (Å²) in [6.07, 6.45) is 2.88. The zero-order valence-corrected chi connectivity index (χ0v) is 18.4. The van der Waals surface area contributed by atoms with Gasteiger partial charge in [-0.25, -0.2) is 18.1 Å². The third kappa shape index (κ3) is 5.07. The van der Waals surface area contributed by atoms with Gasteiger partial charge in [-0.2, -0.15) is 9.40 Å². The molecule has 0 unspecified atom stereocenters. The standard InChI is InChI=1S/C20H20ClN5O5S/c21-15-1-6-19(26-14-22-13-23-26)18(11-15)24-20(27)12-31-16-2-4-17(5-3-16)32(28,29)25-7-9-30-10-8-25/h1-6,11,13-14H,7-10,12H2,(H,24,27). The number of anilines is 1. The number of benzene rings is 2. The van der Waals surface area contributed by atoms with Crippen LogP contribution in [0.4, 0.5) is 5.69 Å². The van der Waals surface area contributed by atoms with E-state index in [1.54, 1.807) is 18.2 Å². The zero-order valence-electron chi connectivity index (χ0n) is 16.8. The van der Waals surface area contributed by atoms with Crippen molar-refractivity contribution in [1.82, 2.24) is 19.1 Å². The number of hydrogen-bond donors (Lipinski definition) is 1. The average molecular weight is 478 g/mol. The Morgan fingerprint density at radius 3 is 2.59 bits per heavy atom. The molecule has 3 aromatic rings. The molecular formula is C20H20ClN5O5S. The number of amides is 1. The van der Waals surface area contributed by atoms with Gasteiger partial charge in [0.15, 0.2) is 6.61 Å². The number of hydrogen-bond acceptors (Lipinski definition) is 7. The Morgan fingerprint density at radius 2 is 1.91 bits per heavy atom. The van der Waals surface area contributed by atoms with Crippen LogP contribution in [0.1, 0.15) is 0 Å². The fourth-order valence-corrected chi connectivity index (χ4v) is 4.70. The predicted molar refractivity (Wildman–Crippen MR) is 117 cm³/mol. The van der Waals surface area contributed by atoms with Gasteiger partial charge in [-0.1, -0.05) is 11.6 Å². The lowest BCUT2D eigenvalue weighted by Crippen LogP contribution is -2.40. The Labute approximate surface area is 189 Å². The highest BCUT2D eigenvalue weighted by Crippen LogP contribution is 2.24. The van der Waals surface area contributed by atoms with Crippen molar-refractivity contribution < 1.29 is 22.7 Å². The van der Waals surface area contributed by atoms with Crippen molar-refractivity contribution in [2.75, 3.05) is 38.2 Å². The molecule has 0 saturated carbocycles. The van der Waals surface area contributed by atoms with Crippen molar-refractivity contribution in [3.05, 3.63) is 60.1 Å². The van der Waals surface area contributed by atoms with Crippen molar-refractivity contribution in [2.24, 2.45) is 0 Å². The minimum Gasteiger partial charge on any atom is -0.484 e. The summed E-state index contributed by atoms with van der Waals surface area (Å²) in [4.78, 5) is 16.5. The summed E-state index contributed by atoms with van der Waals surface area (Å²) in [5.74, 6) is -0.0534. The van der Waals surface area contributed by atoms with Crippen LogP contribution in [-0.2, 0) is 19.6 Å². The number of ether oxygens (including phenoxy) is 2. The molecule has 1 N–H and O–H groups in total. The Kier molecular flexibility index (Phi) is 6.70. The molecule has 1 saturated heterocycles. The van der Waals surface area contributed by atoms with Crippen LogP contribution in [-0.4, -0.2) is 66.3 Å². The SMILES string of the molecule is O=C(COc1ccc(S(=O)(=O)N2CCOCC2)cc1)Nc1cc(Cl)ccc1-n1cncn1. The molecule has 1 aliphatic heterocycles. The number of rotatable bonds is 7. The molecule has 0 aliphatic carbocycles. The summed E-state index contributed by atoms with van der Waals surface area (Å²) in [6, 6.07) is 10.9. The first-order valence-corrected chi connectivity index (χ1v) is 11.5. The lowest BCUT2D eigenvalue weighted by Gasteiger charge is -2.26. The van der Waals surface area contributed by atoms with Crippen LogP contribution in [0.5, 0.6) is 5.75 Å². The van der Waals surface area contributed by atoms with Crippen LogP contribution in [0, 0.1) is 0 Å². The number of morpholine rings is 1. The summed E-state index contributed by atoms with van der Waals surface area (Å²) in [5.41, 5.74) is 1.04. The lowest BCUT2D eigenvalue weighted by molar-refractivity contribution is -0.118. The van der Waals surface area contributed by atoms with Gasteiger partial charge in [0.2, 0.25) is 10.0 Å². The summed E-state index contributed by atoms with van der Waals surface area (Å²) < 4.78 is 38.9. The molecule has 0 radical (unpaired) electrons. The Hall–Kier alpha value is -2.99. The first-order valence-electron chi connectivity index (χ1n) is 9.69. The normalized spacial score (nSPS) is 14.8. The third-order valence-corrected chi connectivity index (χ3v) is 6.85. The monoisotopic (exact) mass is 477 g/mol. The van der Waals surface area contributed by atoms with Crippen LogP contribution in [0.2, 0.25) is 5.02 Å². The van der Waals surface area contributed by atoms with Crippen molar-refractivity contribution in [3.8, 4) is 11.4 Å². The third-order valence-electron chi connectivity index (χ3n) is 4.70. The summed E-state index contributed by atoms with van der Waals surface area (Å²) in [6.45, 7) is 1.11. The minimum atomic E-state index is -3.59.